The second-order valence-corrected chi connectivity index (χ2v) is 12.0. The van der Waals surface area contributed by atoms with Gasteiger partial charge in [-0.25, -0.2) is 18.4 Å². The molecule has 1 saturated heterocycles. The quantitative estimate of drug-likeness (QED) is 0.536. The maximum Gasteiger partial charge on any atom is 0.244 e. The molecule has 1 fully saturated rings. The normalized spacial score (nSPS) is 21.6. The molecule has 0 spiro atoms. The first-order chi connectivity index (χ1) is 17.2. The first-order valence-corrected chi connectivity index (χ1v) is 14.0. The standard InChI is InChI=1S/C25H29ClN6O3S/c1-16(2)23-25(33)29-22-14-32(36(34,35)15-17-6-5-7-18(26)12-17)11-10-31(22)13-21-27-20-9-4-3-8-19(20)24(28-21)30-23/h3-9,12,16,22-23H,10-11,13-15H2,1-2H3,(H,29,33)(H,27,28,30)/t22?,23-/m0/s1. The van der Waals surface area contributed by atoms with Crippen molar-refractivity contribution in [3.05, 3.63) is 64.9 Å². The number of anilines is 1. The van der Waals surface area contributed by atoms with E-state index >= 15 is 0 Å². The molecule has 1 amide bonds. The molecule has 2 aliphatic heterocycles. The van der Waals surface area contributed by atoms with Gasteiger partial charge >= 0.3 is 0 Å². The number of nitrogens with zero attached hydrogens (tertiary/aromatic N) is 4. The summed E-state index contributed by atoms with van der Waals surface area (Å²) in [7, 11) is -3.62. The number of benzene rings is 2. The lowest BCUT2D eigenvalue weighted by molar-refractivity contribution is -0.125. The lowest BCUT2D eigenvalue weighted by atomic mass is 10.0. The van der Waals surface area contributed by atoms with E-state index < -0.39 is 22.2 Å². The average Bonchev–Trinajstić information content (AvgIpc) is 2.82. The van der Waals surface area contributed by atoms with Gasteiger partial charge in [0.15, 0.2) is 0 Å². The summed E-state index contributed by atoms with van der Waals surface area (Å²) in [4.78, 5) is 25.0. The van der Waals surface area contributed by atoms with Crippen molar-refractivity contribution >= 4 is 44.3 Å². The number of hydrogen-bond acceptors (Lipinski definition) is 7. The van der Waals surface area contributed by atoms with E-state index in [2.05, 4.69) is 10.6 Å². The Bertz CT molecular complexity index is 1400. The minimum atomic E-state index is -3.62. The monoisotopic (exact) mass is 528 g/mol. The van der Waals surface area contributed by atoms with Gasteiger partial charge < -0.3 is 10.6 Å². The van der Waals surface area contributed by atoms with Crippen molar-refractivity contribution in [3.8, 4) is 0 Å². The molecule has 36 heavy (non-hydrogen) atoms. The van der Waals surface area contributed by atoms with Crippen LogP contribution in [0.1, 0.15) is 25.2 Å². The summed E-state index contributed by atoms with van der Waals surface area (Å²) in [5.41, 5.74) is 1.42. The Balaban J connectivity index is 1.45. The van der Waals surface area contributed by atoms with Gasteiger partial charge in [-0.3, -0.25) is 9.69 Å². The molecule has 2 aliphatic rings. The number of fused-ring (bicyclic) bond motifs is 5. The largest absolute Gasteiger partial charge is 0.358 e. The van der Waals surface area contributed by atoms with Crippen LogP contribution in [0.5, 0.6) is 0 Å². The minimum absolute atomic E-state index is 0.0266. The van der Waals surface area contributed by atoms with Crippen molar-refractivity contribution in [2.75, 3.05) is 25.0 Å². The van der Waals surface area contributed by atoms with Gasteiger partial charge in [0.25, 0.3) is 0 Å². The highest BCUT2D eigenvalue weighted by Gasteiger charge is 2.37. The highest BCUT2D eigenvalue weighted by atomic mass is 35.5. The number of sulfonamides is 1. The summed E-state index contributed by atoms with van der Waals surface area (Å²) in [6, 6.07) is 14.0. The molecule has 0 radical (unpaired) electrons. The van der Waals surface area contributed by atoms with Crippen molar-refractivity contribution in [1.29, 1.82) is 0 Å². The topological polar surface area (TPSA) is 108 Å². The zero-order chi connectivity index (χ0) is 25.4. The predicted molar refractivity (Wildman–Crippen MR) is 140 cm³/mol. The summed E-state index contributed by atoms with van der Waals surface area (Å²) in [6.45, 7) is 5.20. The summed E-state index contributed by atoms with van der Waals surface area (Å²) in [6.07, 6.45) is -0.514. The van der Waals surface area contributed by atoms with Crippen LogP contribution in [0.4, 0.5) is 5.82 Å². The van der Waals surface area contributed by atoms with Crippen LogP contribution < -0.4 is 10.6 Å². The van der Waals surface area contributed by atoms with E-state index in [0.29, 0.717) is 41.9 Å². The number of halogens is 1. The van der Waals surface area contributed by atoms with Crippen LogP contribution in [0.3, 0.4) is 0 Å². The number of aromatic nitrogens is 2. The Morgan fingerprint density at radius 2 is 1.89 bits per heavy atom. The molecule has 5 rings (SSSR count). The van der Waals surface area contributed by atoms with Gasteiger partial charge in [0.2, 0.25) is 15.9 Å². The Labute approximate surface area is 215 Å². The highest BCUT2D eigenvalue weighted by Crippen LogP contribution is 2.25. The molecule has 190 valence electrons. The first-order valence-electron chi connectivity index (χ1n) is 12.0. The smallest absolute Gasteiger partial charge is 0.244 e. The molecular weight excluding hydrogens is 500 g/mol. The molecule has 2 atom stereocenters. The van der Waals surface area contributed by atoms with Crippen LogP contribution in [-0.4, -0.2) is 65.3 Å². The van der Waals surface area contributed by atoms with E-state index in [-0.39, 0.29) is 24.1 Å². The fourth-order valence-corrected chi connectivity index (χ4v) is 6.45. The molecule has 11 heteroatoms. The molecule has 0 aliphatic carbocycles. The third-order valence-corrected chi connectivity index (χ3v) is 8.68. The summed E-state index contributed by atoms with van der Waals surface area (Å²) >= 11 is 6.05. The van der Waals surface area contributed by atoms with E-state index in [1.165, 1.54) is 4.31 Å². The number of nitrogens with one attached hydrogen (secondary N) is 2. The molecule has 3 heterocycles. The van der Waals surface area contributed by atoms with Gasteiger partial charge in [-0.2, -0.15) is 4.31 Å². The van der Waals surface area contributed by atoms with E-state index in [1.807, 2.05) is 43.0 Å². The number of para-hydroxylation sites is 1. The molecule has 9 nitrogen and oxygen atoms in total. The van der Waals surface area contributed by atoms with Crippen LogP contribution in [0, 0.1) is 5.92 Å². The third kappa shape index (κ3) is 5.17. The lowest BCUT2D eigenvalue weighted by Gasteiger charge is -2.41. The van der Waals surface area contributed by atoms with E-state index in [9.17, 15) is 13.2 Å². The molecule has 0 saturated carbocycles. The van der Waals surface area contributed by atoms with Gasteiger partial charge in [0, 0.05) is 30.0 Å². The second-order valence-electron chi connectivity index (χ2n) is 9.61. The second kappa shape index (κ2) is 9.93. The molecule has 1 aromatic heterocycles. The SMILES string of the molecule is CC(C)[C@@H]1Nc2nc(nc3ccccc23)CN2CCN(S(=O)(=O)Cc3cccc(Cl)c3)CC2NC1=O. The van der Waals surface area contributed by atoms with Crippen LogP contribution in [0.25, 0.3) is 10.9 Å². The highest BCUT2D eigenvalue weighted by molar-refractivity contribution is 7.88. The summed E-state index contributed by atoms with van der Waals surface area (Å²) in [5.74, 6) is 0.879. The zero-order valence-electron chi connectivity index (χ0n) is 20.2. The molecule has 1 unspecified atom stereocenters. The Morgan fingerprint density at radius 3 is 2.67 bits per heavy atom. The summed E-state index contributed by atoms with van der Waals surface area (Å²) in [5, 5.41) is 7.78. The number of carbonyl (C=O) groups is 1. The predicted octanol–water partition coefficient (Wildman–Crippen LogP) is 2.82. The number of piperazine rings is 1. The van der Waals surface area contributed by atoms with Crippen LogP contribution >= 0.6 is 11.6 Å². The van der Waals surface area contributed by atoms with Gasteiger partial charge in [0.1, 0.15) is 17.7 Å². The maximum atomic E-state index is 13.4. The Kier molecular flexibility index (Phi) is 6.86. The van der Waals surface area contributed by atoms with Crippen molar-refractivity contribution < 1.29 is 13.2 Å². The average molecular weight is 529 g/mol. The molecule has 2 bridgehead atoms. The lowest BCUT2D eigenvalue weighted by Crippen LogP contribution is -2.63. The van der Waals surface area contributed by atoms with Crippen molar-refractivity contribution in [1.82, 2.24) is 24.5 Å². The van der Waals surface area contributed by atoms with Gasteiger partial charge in [0.05, 0.1) is 24.0 Å². The van der Waals surface area contributed by atoms with Gasteiger partial charge in [-0.05, 0) is 35.7 Å². The fourth-order valence-electron chi connectivity index (χ4n) is 4.73. The Morgan fingerprint density at radius 1 is 1.08 bits per heavy atom. The summed E-state index contributed by atoms with van der Waals surface area (Å²) < 4.78 is 28.0. The van der Waals surface area contributed by atoms with Crippen LogP contribution in [-0.2, 0) is 27.1 Å². The van der Waals surface area contributed by atoms with Crippen LogP contribution in [0.2, 0.25) is 5.02 Å². The van der Waals surface area contributed by atoms with Crippen molar-refractivity contribution in [2.24, 2.45) is 5.92 Å². The van der Waals surface area contributed by atoms with Crippen LogP contribution in [0.15, 0.2) is 48.5 Å². The molecule has 3 aromatic rings. The molecule has 2 aromatic carbocycles. The minimum Gasteiger partial charge on any atom is -0.358 e. The van der Waals surface area contributed by atoms with Gasteiger partial charge in [-0.15, -0.1) is 0 Å². The number of rotatable bonds is 4. The van der Waals surface area contributed by atoms with E-state index in [0.717, 1.165) is 10.9 Å². The number of amides is 1. The van der Waals surface area contributed by atoms with Crippen molar-refractivity contribution in [3.63, 3.8) is 0 Å². The van der Waals surface area contributed by atoms with Crippen molar-refractivity contribution in [2.45, 2.75) is 38.4 Å². The Hall–Kier alpha value is -2.79. The number of carbonyl (C=O) groups excluding carboxylic acids is 1. The molecular formula is C25H29ClN6O3S. The first kappa shape index (κ1) is 24.9. The van der Waals surface area contributed by atoms with Gasteiger partial charge in [-0.1, -0.05) is 49.7 Å². The molecule has 2 N–H and O–H groups in total. The third-order valence-electron chi connectivity index (χ3n) is 6.63. The zero-order valence-corrected chi connectivity index (χ0v) is 21.8. The van der Waals surface area contributed by atoms with E-state index in [1.54, 1.807) is 24.3 Å². The number of hydrogen-bond donors (Lipinski definition) is 2. The maximum absolute atomic E-state index is 13.4. The fraction of sp³-hybridized carbons (Fsp3) is 0.400. The van der Waals surface area contributed by atoms with E-state index in [4.69, 9.17) is 21.6 Å².